The van der Waals surface area contributed by atoms with E-state index in [9.17, 15) is 21.6 Å². The number of alkyl halides is 3. The predicted octanol–water partition coefficient (Wildman–Crippen LogP) is 9.46. The molecule has 236 valence electrons. The quantitative estimate of drug-likeness (QED) is 0.0732. The molecule has 0 saturated heterocycles. The highest BCUT2D eigenvalue weighted by Crippen LogP contribution is 2.53. The second kappa shape index (κ2) is 11.5. The average Bonchev–Trinajstić information content (AvgIpc) is 3.07. The van der Waals surface area contributed by atoms with Gasteiger partial charge in [0.25, 0.3) is 7.37 Å². The van der Waals surface area contributed by atoms with Crippen molar-refractivity contribution in [2.75, 3.05) is 6.61 Å². The van der Waals surface area contributed by atoms with Gasteiger partial charge in [-0.15, -0.1) is 0 Å². The van der Waals surface area contributed by atoms with Crippen LogP contribution in [0.25, 0.3) is 54.2 Å². The second-order valence-corrected chi connectivity index (χ2v) is 14.9. The molecule has 7 rings (SSSR count). The van der Waals surface area contributed by atoms with Crippen molar-refractivity contribution in [2.24, 2.45) is 0 Å². The highest BCUT2D eigenvalue weighted by atomic mass is 32.2. The van der Waals surface area contributed by atoms with Crippen molar-refractivity contribution in [3.8, 4) is 16.9 Å². The topological polar surface area (TPSA) is 69.7 Å². The van der Waals surface area contributed by atoms with Crippen LogP contribution in [0.3, 0.4) is 0 Å². The van der Waals surface area contributed by atoms with Crippen LogP contribution in [-0.4, -0.2) is 20.5 Å². The number of hydrogen-bond donors (Lipinski definition) is 0. The summed E-state index contributed by atoms with van der Waals surface area (Å²) in [5, 5.41) is 5.83. The minimum atomic E-state index is -6.11. The molecule has 0 aliphatic rings. The highest BCUT2D eigenvalue weighted by Gasteiger charge is 2.49. The van der Waals surface area contributed by atoms with E-state index >= 15 is 4.57 Å². The van der Waals surface area contributed by atoms with Gasteiger partial charge in [0.15, 0.2) is 5.75 Å². The van der Waals surface area contributed by atoms with Crippen LogP contribution in [0.15, 0.2) is 127 Å². The lowest BCUT2D eigenvalue weighted by Crippen LogP contribution is -2.28. The second-order valence-electron chi connectivity index (χ2n) is 11.0. The fourth-order valence-corrected chi connectivity index (χ4v) is 8.99. The van der Waals surface area contributed by atoms with E-state index in [0.717, 1.165) is 16.2 Å². The van der Waals surface area contributed by atoms with E-state index in [0.29, 0.717) is 32.2 Å². The monoisotopic (exact) mass is 670 g/mol. The molecular formula is C37H26F3O5PS. The van der Waals surface area contributed by atoms with Crippen LogP contribution < -0.4 is 14.8 Å². The number of halogens is 3. The lowest BCUT2D eigenvalue weighted by molar-refractivity contribution is -0.0499. The molecule has 0 radical (unpaired) electrons. The van der Waals surface area contributed by atoms with Crippen molar-refractivity contribution in [3.05, 3.63) is 127 Å². The summed E-state index contributed by atoms with van der Waals surface area (Å²) in [5.74, 6) is -0.552. The molecule has 0 saturated carbocycles. The summed E-state index contributed by atoms with van der Waals surface area (Å²) in [4.78, 5) is 0. The van der Waals surface area contributed by atoms with E-state index in [4.69, 9.17) is 8.71 Å². The fourth-order valence-electron chi connectivity index (χ4n) is 6.24. The number of benzene rings is 7. The van der Waals surface area contributed by atoms with E-state index in [1.54, 1.807) is 55.5 Å². The lowest BCUT2D eigenvalue weighted by atomic mass is 9.88. The third-order valence-electron chi connectivity index (χ3n) is 8.22. The Bertz CT molecular complexity index is 2500. The van der Waals surface area contributed by atoms with Crippen molar-refractivity contribution in [1.29, 1.82) is 0 Å². The summed E-state index contributed by atoms with van der Waals surface area (Å²) in [6.45, 7) is 1.77. The molecule has 0 amide bonds. The van der Waals surface area contributed by atoms with E-state index in [1.807, 2.05) is 66.7 Å². The van der Waals surface area contributed by atoms with Crippen LogP contribution >= 0.6 is 7.37 Å². The van der Waals surface area contributed by atoms with Gasteiger partial charge in [-0.3, -0.25) is 4.57 Å². The Morgan fingerprint density at radius 3 is 1.68 bits per heavy atom. The summed E-state index contributed by atoms with van der Waals surface area (Å²) in [5.41, 5.74) is -5.38. The van der Waals surface area contributed by atoms with E-state index < -0.39 is 28.7 Å². The van der Waals surface area contributed by atoms with Gasteiger partial charge >= 0.3 is 15.6 Å². The third-order valence-corrected chi connectivity index (χ3v) is 11.8. The fraction of sp³-hybridized carbons (Fsp3) is 0.0811. The standard InChI is InChI=1S/C37H26F3O5PS/c1-2-44-46(41,28-12-4-3-5-13-28)32-23-21-27-19-17-25-11-7-9-15-30(25)34(27)36(32)35-31(45-47(42,43)37(38,39)40)22-20-26-18-16-24-10-6-8-14-29(24)33(26)35/h3-23H,2H2,1H3. The number of fused-ring (bicyclic) bond motifs is 6. The van der Waals surface area contributed by atoms with Gasteiger partial charge in [0, 0.05) is 27.1 Å². The van der Waals surface area contributed by atoms with Gasteiger partial charge in [-0.2, -0.15) is 21.6 Å². The summed E-state index contributed by atoms with van der Waals surface area (Å²) in [6.07, 6.45) is 0. The molecule has 0 spiro atoms. The van der Waals surface area contributed by atoms with Gasteiger partial charge in [0.1, 0.15) is 0 Å². The van der Waals surface area contributed by atoms with Gasteiger partial charge in [0.05, 0.1) is 6.61 Å². The smallest absolute Gasteiger partial charge is 0.375 e. The molecule has 7 aromatic rings. The van der Waals surface area contributed by atoms with Crippen molar-refractivity contribution < 1.29 is 34.9 Å². The largest absolute Gasteiger partial charge is 0.534 e. The van der Waals surface area contributed by atoms with Crippen molar-refractivity contribution in [3.63, 3.8) is 0 Å². The normalized spacial score (nSPS) is 13.7. The number of hydrogen-bond acceptors (Lipinski definition) is 5. The molecule has 5 nitrogen and oxygen atoms in total. The molecule has 1 atom stereocenters. The van der Waals surface area contributed by atoms with Crippen molar-refractivity contribution >= 4 is 71.2 Å². The lowest BCUT2D eigenvalue weighted by Gasteiger charge is -2.25. The Kier molecular flexibility index (Phi) is 7.59. The molecule has 0 heterocycles. The summed E-state index contributed by atoms with van der Waals surface area (Å²) >= 11 is 0. The molecule has 10 heteroatoms. The van der Waals surface area contributed by atoms with Crippen molar-refractivity contribution in [1.82, 2.24) is 0 Å². The van der Waals surface area contributed by atoms with Gasteiger partial charge in [0.2, 0.25) is 0 Å². The van der Waals surface area contributed by atoms with Gasteiger partial charge < -0.3 is 8.71 Å². The van der Waals surface area contributed by atoms with E-state index in [1.165, 1.54) is 12.1 Å². The first-order chi connectivity index (χ1) is 22.5. The Morgan fingerprint density at radius 1 is 0.617 bits per heavy atom. The van der Waals surface area contributed by atoms with Gasteiger partial charge in [-0.25, -0.2) is 0 Å². The highest BCUT2D eigenvalue weighted by molar-refractivity contribution is 7.88. The van der Waals surface area contributed by atoms with Crippen molar-refractivity contribution in [2.45, 2.75) is 12.4 Å². The first-order valence-electron chi connectivity index (χ1n) is 14.7. The molecule has 0 bridgehead atoms. The first kappa shape index (κ1) is 30.9. The number of rotatable bonds is 7. The van der Waals surface area contributed by atoms with Crippen LogP contribution in [-0.2, 0) is 19.2 Å². The Morgan fingerprint density at radius 2 is 1.11 bits per heavy atom. The minimum Gasteiger partial charge on any atom is -0.375 e. The molecule has 0 aliphatic carbocycles. The molecule has 7 aromatic carbocycles. The maximum atomic E-state index is 15.4. The van der Waals surface area contributed by atoms with Crippen LogP contribution in [0.2, 0.25) is 0 Å². The maximum Gasteiger partial charge on any atom is 0.534 e. The predicted molar refractivity (Wildman–Crippen MR) is 182 cm³/mol. The Balaban J connectivity index is 1.76. The van der Waals surface area contributed by atoms with Crippen LogP contribution in [0, 0.1) is 0 Å². The molecule has 0 aliphatic heterocycles. The molecule has 47 heavy (non-hydrogen) atoms. The molecular weight excluding hydrogens is 644 g/mol. The third kappa shape index (κ3) is 5.15. The maximum absolute atomic E-state index is 15.4. The van der Waals surface area contributed by atoms with Crippen LogP contribution in [0.1, 0.15) is 6.92 Å². The first-order valence-corrected chi connectivity index (χ1v) is 17.8. The Labute approximate surface area is 268 Å². The summed E-state index contributed by atoms with van der Waals surface area (Å²) < 4.78 is 93.5. The molecule has 0 aromatic heterocycles. The molecule has 0 N–H and O–H groups in total. The Hall–Kier alpha value is -4.69. The summed E-state index contributed by atoms with van der Waals surface area (Å²) in [6, 6.07) is 37.0. The zero-order chi connectivity index (χ0) is 33.0. The zero-order valence-electron chi connectivity index (χ0n) is 24.9. The summed E-state index contributed by atoms with van der Waals surface area (Å²) in [7, 11) is -10.1. The van der Waals surface area contributed by atoms with Crippen LogP contribution in [0.4, 0.5) is 13.2 Å². The van der Waals surface area contributed by atoms with Gasteiger partial charge in [-0.05, 0) is 68.9 Å². The average molecular weight is 671 g/mol. The molecule has 1 unspecified atom stereocenters. The van der Waals surface area contributed by atoms with E-state index in [-0.39, 0.29) is 23.0 Å². The van der Waals surface area contributed by atoms with Gasteiger partial charge in [-0.1, -0.05) is 103 Å². The van der Waals surface area contributed by atoms with E-state index in [2.05, 4.69) is 0 Å². The van der Waals surface area contributed by atoms with Crippen LogP contribution in [0.5, 0.6) is 5.75 Å². The molecule has 0 fully saturated rings. The SMILES string of the molecule is CCOP(=O)(c1ccccc1)c1ccc2ccc3ccccc3c2c1-c1c(OS(=O)(=O)C(F)(F)F)ccc2ccc3ccccc3c12. The zero-order valence-corrected chi connectivity index (χ0v) is 26.6. The minimum absolute atomic E-state index is 0.0555.